The predicted molar refractivity (Wildman–Crippen MR) is 84.0 cm³/mol. The van der Waals surface area contributed by atoms with Gasteiger partial charge in [-0.3, -0.25) is 4.79 Å². The van der Waals surface area contributed by atoms with Gasteiger partial charge in [0.1, 0.15) is 11.5 Å². The van der Waals surface area contributed by atoms with E-state index in [0.29, 0.717) is 31.9 Å². The number of nitrogens with two attached hydrogens (primary N) is 1. The molecule has 0 unspecified atom stereocenters. The van der Waals surface area contributed by atoms with Crippen LogP contribution in [0.15, 0.2) is 34.7 Å². The van der Waals surface area contributed by atoms with Crippen LogP contribution in [0.2, 0.25) is 0 Å². The molecule has 22 heavy (non-hydrogen) atoms. The Balaban J connectivity index is 1.68. The molecule has 116 valence electrons. The number of carbonyl (C=O) groups excluding carboxylic acids is 1. The number of unbranched alkanes of at least 4 members (excludes halogenated alkanes) is 1. The Morgan fingerprint density at radius 1 is 1.27 bits per heavy atom. The molecule has 0 saturated carbocycles. The fourth-order valence-electron chi connectivity index (χ4n) is 2.69. The van der Waals surface area contributed by atoms with Gasteiger partial charge in [-0.05, 0) is 31.5 Å². The van der Waals surface area contributed by atoms with E-state index < -0.39 is 0 Å². The molecule has 0 atom stereocenters. The van der Waals surface area contributed by atoms with Crippen LogP contribution in [0.5, 0.6) is 0 Å². The van der Waals surface area contributed by atoms with Crippen molar-refractivity contribution in [2.75, 3.05) is 13.1 Å². The van der Waals surface area contributed by atoms with Crippen molar-refractivity contribution in [1.82, 2.24) is 9.88 Å². The van der Waals surface area contributed by atoms with Crippen molar-refractivity contribution in [1.29, 1.82) is 0 Å². The molecule has 5 nitrogen and oxygen atoms in total. The summed E-state index contributed by atoms with van der Waals surface area (Å²) in [6.07, 6.45) is 3.05. The fraction of sp³-hybridized carbons (Fsp3) is 0.412. The molecule has 0 saturated heterocycles. The van der Waals surface area contributed by atoms with Gasteiger partial charge in [-0.25, -0.2) is 4.98 Å². The average Bonchev–Trinajstić information content (AvgIpc) is 2.99. The number of benzene rings is 1. The van der Waals surface area contributed by atoms with Crippen LogP contribution >= 0.6 is 0 Å². The quantitative estimate of drug-likeness (QED) is 0.860. The lowest BCUT2D eigenvalue weighted by Crippen LogP contribution is -2.35. The van der Waals surface area contributed by atoms with Gasteiger partial charge < -0.3 is 15.1 Å². The smallest absolute Gasteiger partial charge is 0.226 e. The lowest BCUT2D eigenvalue weighted by atomic mass is 10.1. The number of fused-ring (bicyclic) bond motifs is 1. The zero-order valence-corrected chi connectivity index (χ0v) is 12.6. The Bertz CT molecular complexity index is 637. The summed E-state index contributed by atoms with van der Waals surface area (Å²) < 4.78 is 5.85. The molecular weight excluding hydrogens is 278 g/mol. The Morgan fingerprint density at radius 3 is 2.86 bits per heavy atom. The maximum Gasteiger partial charge on any atom is 0.226 e. The maximum absolute atomic E-state index is 12.2. The van der Waals surface area contributed by atoms with E-state index in [1.165, 1.54) is 0 Å². The molecule has 0 radical (unpaired) electrons. The van der Waals surface area contributed by atoms with Crippen molar-refractivity contribution in [2.24, 2.45) is 5.73 Å². The summed E-state index contributed by atoms with van der Waals surface area (Å²) in [5, 5.41) is 0. The summed E-state index contributed by atoms with van der Waals surface area (Å²) in [4.78, 5) is 18.6. The number of oxazole rings is 1. The SMILES string of the molecule is NCCCCC(=O)N1CCc2oc(-c3ccccc3)nc2C1. The van der Waals surface area contributed by atoms with Gasteiger partial charge in [-0.15, -0.1) is 0 Å². The molecule has 2 aromatic rings. The standard InChI is InChI=1S/C17H21N3O2/c18-10-5-4-8-16(21)20-11-9-15-14(12-20)19-17(22-15)13-6-2-1-3-7-13/h1-3,6-7H,4-5,8-12,18H2. The molecule has 5 heteroatoms. The highest BCUT2D eigenvalue weighted by atomic mass is 16.4. The van der Waals surface area contributed by atoms with Gasteiger partial charge in [0, 0.05) is 24.9 Å². The highest BCUT2D eigenvalue weighted by Crippen LogP contribution is 2.26. The van der Waals surface area contributed by atoms with Gasteiger partial charge in [0.05, 0.1) is 6.54 Å². The first-order valence-corrected chi connectivity index (χ1v) is 7.80. The van der Waals surface area contributed by atoms with Gasteiger partial charge in [-0.2, -0.15) is 0 Å². The number of nitrogens with zero attached hydrogens (tertiary/aromatic N) is 2. The highest BCUT2D eigenvalue weighted by Gasteiger charge is 2.25. The summed E-state index contributed by atoms with van der Waals surface area (Å²) in [6, 6.07) is 9.85. The van der Waals surface area contributed by atoms with Crippen molar-refractivity contribution in [3.8, 4) is 11.5 Å². The Hall–Kier alpha value is -2.14. The lowest BCUT2D eigenvalue weighted by molar-refractivity contribution is -0.132. The summed E-state index contributed by atoms with van der Waals surface area (Å²) in [5.41, 5.74) is 7.32. The van der Waals surface area contributed by atoms with E-state index in [1.54, 1.807) is 0 Å². The van der Waals surface area contributed by atoms with Gasteiger partial charge in [0.25, 0.3) is 0 Å². The van der Waals surface area contributed by atoms with Crippen LogP contribution in [0.3, 0.4) is 0 Å². The van der Waals surface area contributed by atoms with Crippen molar-refractivity contribution < 1.29 is 9.21 Å². The van der Waals surface area contributed by atoms with Crippen LogP contribution in [-0.2, 0) is 17.8 Å². The molecule has 1 aliphatic rings. The van der Waals surface area contributed by atoms with Crippen LogP contribution in [0, 0.1) is 0 Å². The van der Waals surface area contributed by atoms with Crippen LogP contribution < -0.4 is 5.73 Å². The van der Waals surface area contributed by atoms with E-state index in [9.17, 15) is 4.79 Å². The second kappa shape index (κ2) is 6.75. The van der Waals surface area contributed by atoms with Crippen LogP contribution in [0.1, 0.15) is 30.7 Å². The number of hydrogen-bond acceptors (Lipinski definition) is 4. The number of amides is 1. The van der Waals surface area contributed by atoms with Gasteiger partial charge >= 0.3 is 0 Å². The van der Waals surface area contributed by atoms with E-state index in [4.69, 9.17) is 10.2 Å². The molecule has 2 N–H and O–H groups in total. The molecule has 1 aromatic heterocycles. The minimum absolute atomic E-state index is 0.184. The van der Waals surface area contributed by atoms with Crippen molar-refractivity contribution in [3.05, 3.63) is 41.8 Å². The predicted octanol–water partition coefficient (Wildman–Crippen LogP) is 2.36. The molecule has 3 rings (SSSR count). The minimum atomic E-state index is 0.184. The summed E-state index contributed by atoms with van der Waals surface area (Å²) in [5.74, 6) is 1.73. The number of carbonyl (C=O) groups is 1. The third-order valence-corrected chi connectivity index (χ3v) is 3.95. The highest BCUT2D eigenvalue weighted by molar-refractivity contribution is 5.76. The van der Waals surface area contributed by atoms with E-state index in [1.807, 2.05) is 35.2 Å². The Kier molecular flexibility index (Phi) is 4.53. The topological polar surface area (TPSA) is 72.4 Å². The molecule has 0 bridgehead atoms. The zero-order valence-electron chi connectivity index (χ0n) is 12.6. The summed E-state index contributed by atoms with van der Waals surface area (Å²) >= 11 is 0. The van der Waals surface area contributed by atoms with Crippen molar-refractivity contribution in [2.45, 2.75) is 32.2 Å². The number of rotatable bonds is 5. The molecule has 1 aliphatic heterocycles. The molecule has 1 aromatic carbocycles. The van der Waals surface area contributed by atoms with E-state index in [2.05, 4.69) is 4.98 Å². The summed E-state index contributed by atoms with van der Waals surface area (Å²) in [7, 11) is 0. The zero-order chi connectivity index (χ0) is 15.4. The average molecular weight is 299 g/mol. The molecule has 2 heterocycles. The maximum atomic E-state index is 12.2. The van der Waals surface area contributed by atoms with E-state index >= 15 is 0 Å². The first kappa shape index (κ1) is 14.8. The van der Waals surface area contributed by atoms with Gasteiger partial charge in [0.15, 0.2) is 0 Å². The monoisotopic (exact) mass is 299 g/mol. The van der Waals surface area contributed by atoms with Crippen LogP contribution in [-0.4, -0.2) is 28.9 Å². The largest absolute Gasteiger partial charge is 0.441 e. The normalized spacial score (nSPS) is 14.0. The minimum Gasteiger partial charge on any atom is -0.441 e. The molecular formula is C17H21N3O2. The molecule has 1 amide bonds. The molecule has 0 spiro atoms. The van der Waals surface area contributed by atoms with Crippen LogP contribution in [0.4, 0.5) is 0 Å². The number of hydrogen-bond donors (Lipinski definition) is 1. The Morgan fingerprint density at radius 2 is 2.09 bits per heavy atom. The van der Waals surface area contributed by atoms with Crippen molar-refractivity contribution >= 4 is 5.91 Å². The fourth-order valence-corrected chi connectivity index (χ4v) is 2.69. The second-order valence-electron chi connectivity index (χ2n) is 5.57. The lowest BCUT2D eigenvalue weighted by Gasteiger charge is -2.25. The third-order valence-electron chi connectivity index (χ3n) is 3.95. The third kappa shape index (κ3) is 3.20. The van der Waals surface area contributed by atoms with Crippen molar-refractivity contribution in [3.63, 3.8) is 0 Å². The number of aromatic nitrogens is 1. The summed E-state index contributed by atoms with van der Waals surface area (Å²) in [6.45, 7) is 1.89. The second-order valence-corrected chi connectivity index (χ2v) is 5.57. The van der Waals surface area contributed by atoms with Crippen LogP contribution in [0.25, 0.3) is 11.5 Å². The van der Waals surface area contributed by atoms with Gasteiger partial charge in [-0.1, -0.05) is 18.2 Å². The van der Waals surface area contributed by atoms with Gasteiger partial charge in [0.2, 0.25) is 11.8 Å². The van der Waals surface area contributed by atoms with E-state index in [0.717, 1.165) is 36.3 Å². The molecule has 0 aliphatic carbocycles. The Labute approximate surface area is 130 Å². The molecule has 0 fully saturated rings. The first-order valence-electron chi connectivity index (χ1n) is 7.80. The first-order chi connectivity index (χ1) is 10.8. The van der Waals surface area contributed by atoms with E-state index in [-0.39, 0.29) is 5.91 Å².